The molecule has 1 aliphatic heterocycles. The Hall–Kier alpha value is -0.890. The summed E-state index contributed by atoms with van der Waals surface area (Å²) in [5, 5.41) is 0.0170. The van der Waals surface area contributed by atoms with Crippen molar-refractivity contribution in [3.05, 3.63) is 17.9 Å². The van der Waals surface area contributed by atoms with Crippen LogP contribution in [0.1, 0.15) is 19.6 Å². The van der Waals surface area contributed by atoms with Gasteiger partial charge in [-0.25, -0.2) is 12.7 Å². The third-order valence-corrected chi connectivity index (χ3v) is 5.58. The summed E-state index contributed by atoms with van der Waals surface area (Å²) in [7, 11) is -0.472. The predicted molar refractivity (Wildman–Crippen MR) is 81.6 cm³/mol. The third-order valence-electron chi connectivity index (χ3n) is 3.89. The number of furan rings is 1. The molecule has 1 saturated heterocycles. The van der Waals surface area contributed by atoms with Crippen molar-refractivity contribution in [2.24, 2.45) is 0 Å². The first-order valence-electron chi connectivity index (χ1n) is 7.28. The van der Waals surface area contributed by atoms with Gasteiger partial charge in [0.05, 0.1) is 6.54 Å². The van der Waals surface area contributed by atoms with Crippen molar-refractivity contribution in [3.63, 3.8) is 0 Å². The highest BCUT2D eigenvalue weighted by Gasteiger charge is 2.23. The Morgan fingerprint density at radius 3 is 2.33 bits per heavy atom. The van der Waals surface area contributed by atoms with Crippen molar-refractivity contribution in [1.82, 2.24) is 14.1 Å². The molecule has 120 valence electrons. The number of sulfonamides is 1. The summed E-state index contributed by atoms with van der Waals surface area (Å²) in [6.07, 6.45) is 0. The molecule has 1 aliphatic rings. The van der Waals surface area contributed by atoms with E-state index in [0.29, 0.717) is 18.3 Å². The van der Waals surface area contributed by atoms with Gasteiger partial charge >= 0.3 is 0 Å². The zero-order chi connectivity index (χ0) is 15.6. The van der Waals surface area contributed by atoms with Crippen LogP contribution >= 0.6 is 0 Å². The molecule has 2 heterocycles. The molecule has 1 fully saturated rings. The standard InChI is InChI=1S/C14H25N3O3S/c1-12(2)17-9-7-16(8-10-17)11-13-5-6-14(20-13)21(18,19)15(3)4/h5-6,12H,7-11H2,1-4H3. The molecule has 21 heavy (non-hydrogen) atoms. The van der Waals surface area contributed by atoms with Crippen LogP contribution in [-0.4, -0.2) is 68.8 Å². The fourth-order valence-electron chi connectivity index (χ4n) is 2.42. The lowest BCUT2D eigenvalue weighted by atomic mass is 10.2. The van der Waals surface area contributed by atoms with Gasteiger partial charge in [0.1, 0.15) is 5.76 Å². The summed E-state index contributed by atoms with van der Waals surface area (Å²) in [6.45, 7) is 9.13. The average molecular weight is 315 g/mol. The molecule has 0 saturated carbocycles. The second-order valence-corrected chi connectivity index (χ2v) is 8.00. The van der Waals surface area contributed by atoms with Gasteiger partial charge in [-0.1, -0.05) is 0 Å². The lowest BCUT2D eigenvalue weighted by Gasteiger charge is -2.36. The minimum Gasteiger partial charge on any atom is -0.447 e. The first-order chi connectivity index (χ1) is 9.80. The van der Waals surface area contributed by atoms with Gasteiger partial charge in [-0.3, -0.25) is 9.80 Å². The number of piperazine rings is 1. The van der Waals surface area contributed by atoms with E-state index in [9.17, 15) is 8.42 Å². The van der Waals surface area contributed by atoms with Gasteiger partial charge in [-0.05, 0) is 26.0 Å². The molecule has 0 aromatic carbocycles. The van der Waals surface area contributed by atoms with Crippen molar-refractivity contribution >= 4 is 10.0 Å². The molecule has 1 aromatic rings. The summed E-state index contributed by atoms with van der Waals surface area (Å²) in [5.41, 5.74) is 0. The number of hydrogen-bond acceptors (Lipinski definition) is 5. The Bertz CT molecular complexity index is 558. The molecule has 2 rings (SSSR count). The summed E-state index contributed by atoms with van der Waals surface area (Å²) < 4.78 is 30.6. The highest BCUT2D eigenvalue weighted by Crippen LogP contribution is 2.18. The summed E-state index contributed by atoms with van der Waals surface area (Å²) >= 11 is 0. The Morgan fingerprint density at radius 1 is 1.19 bits per heavy atom. The van der Waals surface area contributed by atoms with E-state index in [-0.39, 0.29) is 5.09 Å². The molecule has 0 amide bonds. The smallest absolute Gasteiger partial charge is 0.275 e. The first-order valence-corrected chi connectivity index (χ1v) is 8.72. The van der Waals surface area contributed by atoms with Crippen LogP contribution in [0.25, 0.3) is 0 Å². The van der Waals surface area contributed by atoms with E-state index < -0.39 is 10.0 Å². The first kappa shape index (κ1) is 16.5. The van der Waals surface area contributed by atoms with Crippen LogP contribution in [0.15, 0.2) is 21.6 Å². The number of hydrogen-bond donors (Lipinski definition) is 0. The van der Waals surface area contributed by atoms with E-state index in [2.05, 4.69) is 23.6 Å². The Balaban J connectivity index is 1.95. The summed E-state index contributed by atoms with van der Waals surface area (Å²) in [4.78, 5) is 4.74. The van der Waals surface area contributed by atoms with Crippen LogP contribution in [0.4, 0.5) is 0 Å². The van der Waals surface area contributed by atoms with E-state index in [1.165, 1.54) is 20.2 Å². The lowest BCUT2D eigenvalue weighted by Crippen LogP contribution is -2.48. The maximum absolute atomic E-state index is 12.0. The highest BCUT2D eigenvalue weighted by molar-refractivity contribution is 7.88. The van der Waals surface area contributed by atoms with Gasteiger partial charge in [0, 0.05) is 46.3 Å². The molecule has 0 bridgehead atoms. The van der Waals surface area contributed by atoms with Gasteiger partial charge < -0.3 is 4.42 Å². The molecule has 0 spiro atoms. The zero-order valence-corrected chi connectivity index (χ0v) is 14.1. The molecular weight excluding hydrogens is 290 g/mol. The normalized spacial score (nSPS) is 18.8. The van der Waals surface area contributed by atoms with Crippen LogP contribution in [0.3, 0.4) is 0 Å². The van der Waals surface area contributed by atoms with Crippen LogP contribution < -0.4 is 0 Å². The SMILES string of the molecule is CC(C)N1CCN(Cc2ccc(S(=O)(=O)N(C)C)o2)CC1. The summed E-state index contributed by atoms with van der Waals surface area (Å²) in [5.74, 6) is 0.702. The zero-order valence-electron chi connectivity index (χ0n) is 13.2. The number of rotatable bonds is 5. The van der Waals surface area contributed by atoms with E-state index in [1.807, 2.05) is 0 Å². The van der Waals surface area contributed by atoms with Crippen molar-refractivity contribution in [3.8, 4) is 0 Å². The van der Waals surface area contributed by atoms with Crippen molar-refractivity contribution in [1.29, 1.82) is 0 Å². The Labute approximate surface area is 127 Å². The van der Waals surface area contributed by atoms with E-state index in [0.717, 1.165) is 30.5 Å². The van der Waals surface area contributed by atoms with Crippen molar-refractivity contribution in [2.75, 3.05) is 40.3 Å². The number of nitrogens with zero attached hydrogens (tertiary/aromatic N) is 3. The molecule has 1 aromatic heterocycles. The maximum Gasteiger partial charge on any atom is 0.275 e. The van der Waals surface area contributed by atoms with Crippen LogP contribution in [-0.2, 0) is 16.6 Å². The second-order valence-electron chi connectivity index (χ2n) is 5.91. The van der Waals surface area contributed by atoms with Crippen molar-refractivity contribution < 1.29 is 12.8 Å². The molecule has 6 nitrogen and oxygen atoms in total. The van der Waals surface area contributed by atoms with Crippen LogP contribution in [0.2, 0.25) is 0 Å². The maximum atomic E-state index is 12.0. The summed E-state index contributed by atoms with van der Waals surface area (Å²) in [6, 6.07) is 3.87. The fraction of sp³-hybridized carbons (Fsp3) is 0.714. The van der Waals surface area contributed by atoms with E-state index in [4.69, 9.17) is 4.42 Å². The molecule has 0 atom stereocenters. The van der Waals surface area contributed by atoms with E-state index in [1.54, 1.807) is 6.07 Å². The largest absolute Gasteiger partial charge is 0.447 e. The minimum absolute atomic E-state index is 0.0170. The average Bonchev–Trinajstić information content (AvgIpc) is 2.88. The van der Waals surface area contributed by atoms with Crippen LogP contribution in [0, 0.1) is 0 Å². The topological polar surface area (TPSA) is 57.0 Å². The molecule has 0 radical (unpaired) electrons. The fourth-order valence-corrected chi connectivity index (χ4v) is 3.23. The van der Waals surface area contributed by atoms with Crippen LogP contribution in [0.5, 0.6) is 0 Å². The minimum atomic E-state index is -3.48. The predicted octanol–water partition coefficient (Wildman–Crippen LogP) is 1.06. The second kappa shape index (κ2) is 6.48. The molecule has 0 N–H and O–H groups in total. The Morgan fingerprint density at radius 2 is 1.81 bits per heavy atom. The van der Waals surface area contributed by atoms with E-state index >= 15 is 0 Å². The lowest BCUT2D eigenvalue weighted by molar-refractivity contribution is 0.0980. The molecule has 7 heteroatoms. The molecular formula is C14H25N3O3S. The van der Waals surface area contributed by atoms with Gasteiger partial charge in [-0.2, -0.15) is 0 Å². The van der Waals surface area contributed by atoms with Gasteiger partial charge in [0.25, 0.3) is 10.0 Å². The monoisotopic (exact) mass is 315 g/mol. The highest BCUT2D eigenvalue weighted by atomic mass is 32.2. The van der Waals surface area contributed by atoms with Crippen molar-refractivity contribution in [2.45, 2.75) is 31.5 Å². The van der Waals surface area contributed by atoms with Gasteiger partial charge in [0.15, 0.2) is 0 Å². The molecule has 0 aliphatic carbocycles. The van der Waals surface area contributed by atoms with Gasteiger partial charge in [0.2, 0.25) is 5.09 Å². The van der Waals surface area contributed by atoms with Gasteiger partial charge in [-0.15, -0.1) is 0 Å². The quantitative estimate of drug-likeness (QED) is 0.813. The third kappa shape index (κ3) is 3.85. The molecule has 0 unspecified atom stereocenters. The Kier molecular flexibility index (Phi) is 5.08.